The monoisotopic (exact) mass is 242 g/mol. The van der Waals surface area contributed by atoms with Crippen molar-refractivity contribution in [1.82, 2.24) is 0 Å². The van der Waals surface area contributed by atoms with E-state index in [1.807, 2.05) is 0 Å². The summed E-state index contributed by atoms with van der Waals surface area (Å²) in [6.45, 7) is 0. The van der Waals surface area contributed by atoms with Crippen molar-refractivity contribution in [1.29, 1.82) is 0 Å². The van der Waals surface area contributed by atoms with Gasteiger partial charge in [0.05, 0.1) is 12.3 Å². The van der Waals surface area contributed by atoms with Crippen molar-refractivity contribution < 1.29 is 20.4 Å². The predicted octanol–water partition coefficient (Wildman–Crippen LogP) is -2.62. The second-order valence-corrected chi connectivity index (χ2v) is 7.06. The van der Waals surface area contributed by atoms with E-state index in [1.165, 1.54) is 0 Å². The van der Waals surface area contributed by atoms with Gasteiger partial charge >= 0.3 is 0 Å². The first-order valence-corrected chi connectivity index (χ1v) is 7.46. The van der Waals surface area contributed by atoms with Crippen LogP contribution in [0.2, 0.25) is 0 Å². The van der Waals surface area contributed by atoms with Crippen LogP contribution in [0.3, 0.4) is 0 Å². The van der Waals surface area contributed by atoms with Gasteiger partial charge in [-0.2, -0.15) is 0 Å². The summed E-state index contributed by atoms with van der Waals surface area (Å²) in [7, 11) is -2.69. The fourth-order valence-corrected chi connectivity index (χ4v) is 3.66. The summed E-state index contributed by atoms with van der Waals surface area (Å²) in [5, 5.41) is 36.7. The molecule has 0 aromatic rings. The van der Waals surface area contributed by atoms with Gasteiger partial charge in [-0.15, -0.1) is 14.3 Å². The van der Waals surface area contributed by atoms with Gasteiger partial charge in [0.15, 0.2) is 0 Å². The molecule has 4 N–H and O–H groups in total. The van der Waals surface area contributed by atoms with Crippen LogP contribution >= 0.6 is 14.3 Å². The van der Waals surface area contributed by atoms with E-state index in [9.17, 15) is 20.4 Å². The molecule has 8 heteroatoms. The summed E-state index contributed by atoms with van der Waals surface area (Å²) in [4.78, 5) is 0. The molecule has 0 aliphatic heterocycles. The molecule has 0 unspecified atom stereocenters. The first-order valence-electron chi connectivity index (χ1n) is 3.66. The average Bonchev–Trinajstić information content (AvgIpc) is 2.25. The molecule has 0 aromatic carbocycles. The van der Waals surface area contributed by atoms with E-state index in [-0.39, 0.29) is 40.5 Å². The summed E-state index contributed by atoms with van der Waals surface area (Å²) in [6, 6.07) is 0. The molecule has 0 heterocycles. The molecule has 0 aliphatic rings. The predicted molar refractivity (Wildman–Crippen MR) is 71.8 cm³/mol. The lowest BCUT2D eigenvalue weighted by Gasteiger charge is -2.30. The van der Waals surface area contributed by atoms with E-state index >= 15 is 0 Å². The Bertz CT molecular complexity index is 146. The Morgan fingerprint density at radius 3 is 1.00 bits per heavy atom. The zero-order valence-electron chi connectivity index (χ0n) is 6.93. The molecule has 0 atom stereocenters. The number of hydrogen-bond donors (Lipinski definition) is 4. The van der Waals surface area contributed by atoms with Crippen LogP contribution in [0.4, 0.5) is 0 Å². The normalized spacial score (nSPS) is 13.3. The van der Waals surface area contributed by atoms with E-state index in [4.69, 9.17) is 0 Å². The van der Waals surface area contributed by atoms with Crippen LogP contribution in [0.25, 0.3) is 0 Å². The molecule has 4 nitrogen and oxygen atoms in total. The highest BCUT2D eigenvalue weighted by atomic mass is 31.2. The second-order valence-electron chi connectivity index (χ2n) is 2.35. The number of aliphatic hydroxyl groups is 4. The van der Waals surface area contributed by atoms with Crippen molar-refractivity contribution in [2.75, 3.05) is 37.7 Å². The van der Waals surface area contributed by atoms with Crippen molar-refractivity contribution in [3.05, 3.63) is 0 Å². The molecular weight excluding hydrogens is 220 g/mol. The van der Waals surface area contributed by atoms with Gasteiger partial charge in [-0.25, -0.2) is 0 Å². The van der Waals surface area contributed by atoms with Gasteiger partial charge in [0, 0.05) is 0 Å². The van der Waals surface area contributed by atoms with E-state index < -0.39 is 14.3 Å². The Balaban J connectivity index is 4.14. The van der Waals surface area contributed by atoms with E-state index in [1.54, 1.807) is 0 Å². The lowest BCUT2D eigenvalue weighted by Crippen LogP contribution is -2.16. The molecule has 0 aromatic heterocycles. The maximum atomic E-state index is 9.19. The molecule has 0 fully saturated rings. The van der Waals surface area contributed by atoms with Crippen LogP contribution in [0.5, 0.6) is 0 Å². The standard InChI is InChI=1S/C6H22B2O4P2/c7-13(3-9,4-10)1-2-14(8,5-11)6-12/h9-12H,1-6H2,7-8H3. The van der Waals surface area contributed by atoms with Gasteiger partial charge in [0.25, 0.3) is 0 Å². The largest absolute Gasteiger partial charge is 0.366 e. The SMILES string of the molecule is [BH3-][P+](CO)(CO)CC[P+]([BH3-])(CO)CO. The third-order valence-corrected chi connectivity index (χ3v) is 5.20. The van der Waals surface area contributed by atoms with Gasteiger partial charge < -0.3 is 20.4 Å². The van der Waals surface area contributed by atoms with Crippen LogP contribution in [0, 0.1) is 0 Å². The number of hydrogen-bond acceptors (Lipinski definition) is 4. The van der Waals surface area contributed by atoms with Crippen LogP contribution in [-0.4, -0.2) is 73.3 Å². The fraction of sp³-hybridized carbons (Fsp3) is 1.00. The molecule has 0 rings (SSSR count). The Kier molecular flexibility index (Phi) is 6.80. The van der Waals surface area contributed by atoms with Crippen molar-refractivity contribution in [2.24, 2.45) is 0 Å². The summed E-state index contributed by atoms with van der Waals surface area (Å²) < 4.78 is 0. The Morgan fingerprint density at radius 2 is 0.857 bits per heavy atom. The second kappa shape index (κ2) is 6.42. The molecule has 0 bridgehead atoms. The first-order chi connectivity index (χ1) is 6.45. The van der Waals surface area contributed by atoms with E-state index in [2.05, 4.69) is 0 Å². The quantitative estimate of drug-likeness (QED) is 0.291. The van der Waals surface area contributed by atoms with E-state index in [0.29, 0.717) is 0 Å². The Labute approximate surface area is 88.1 Å². The zero-order chi connectivity index (χ0) is 11.2. The first kappa shape index (κ1) is 14.8. The Hall–Kier alpha value is 0.830. The fourth-order valence-electron chi connectivity index (χ4n) is 0.655. The van der Waals surface area contributed by atoms with Crippen molar-refractivity contribution in [2.45, 2.75) is 0 Å². The van der Waals surface area contributed by atoms with Crippen LogP contribution in [-0.2, 0) is 0 Å². The molecule has 0 radical (unpaired) electrons. The van der Waals surface area contributed by atoms with Crippen molar-refractivity contribution in [3.63, 3.8) is 0 Å². The third kappa shape index (κ3) is 4.57. The maximum Gasteiger partial charge on any atom is 0.133 e. The summed E-state index contributed by atoms with van der Waals surface area (Å²) >= 11 is 0. The molecule has 14 heavy (non-hydrogen) atoms. The smallest absolute Gasteiger partial charge is 0.133 e. The van der Waals surface area contributed by atoms with Gasteiger partial charge in [0.1, 0.15) is 40.5 Å². The third-order valence-electron chi connectivity index (χ3n) is 1.53. The van der Waals surface area contributed by atoms with Gasteiger partial charge in [-0.1, -0.05) is 0 Å². The zero-order valence-corrected chi connectivity index (χ0v) is 8.71. The molecular formula is C6H22B2O4P2. The molecule has 0 saturated heterocycles. The molecule has 86 valence electrons. The van der Waals surface area contributed by atoms with Gasteiger partial charge in [0.2, 0.25) is 0 Å². The average molecular weight is 242 g/mol. The number of rotatable bonds is 7. The van der Waals surface area contributed by atoms with Crippen LogP contribution in [0.15, 0.2) is 0 Å². The van der Waals surface area contributed by atoms with E-state index in [0.717, 1.165) is 12.3 Å². The van der Waals surface area contributed by atoms with Crippen molar-refractivity contribution >= 4 is 29.4 Å². The topological polar surface area (TPSA) is 80.9 Å². The Morgan fingerprint density at radius 1 is 0.643 bits per heavy atom. The van der Waals surface area contributed by atoms with Crippen LogP contribution in [0.1, 0.15) is 0 Å². The summed E-state index contributed by atoms with van der Waals surface area (Å²) in [6.07, 6.45) is 2.55. The van der Waals surface area contributed by atoms with Gasteiger partial charge in [-0.3, -0.25) is 0 Å². The summed E-state index contributed by atoms with van der Waals surface area (Å²) in [5.74, 6) is 0. The van der Waals surface area contributed by atoms with Crippen molar-refractivity contribution in [3.8, 4) is 0 Å². The highest BCUT2D eigenvalue weighted by Gasteiger charge is 2.30. The van der Waals surface area contributed by atoms with Gasteiger partial charge in [-0.05, 0) is 0 Å². The minimum Gasteiger partial charge on any atom is -0.366 e. The molecule has 0 aliphatic carbocycles. The maximum absolute atomic E-state index is 9.19. The lowest BCUT2D eigenvalue weighted by molar-refractivity contribution is 0.339. The molecule has 0 amide bonds. The highest BCUT2D eigenvalue weighted by molar-refractivity contribution is 8.00. The van der Waals surface area contributed by atoms with Crippen LogP contribution < -0.4 is 0 Å². The minimum atomic E-state index is -1.35. The number of aliphatic hydroxyl groups excluding tert-OH is 4. The lowest BCUT2D eigenvalue weighted by atomic mass is 10.7. The highest BCUT2D eigenvalue weighted by Crippen LogP contribution is 2.59. The molecule has 0 spiro atoms. The summed E-state index contributed by atoms with van der Waals surface area (Å²) in [5.41, 5.74) is 0. The minimum absolute atomic E-state index is 0.00161. The molecule has 0 saturated carbocycles.